The highest BCUT2D eigenvalue weighted by Gasteiger charge is 2.41. The number of amides is 2. The number of rotatable bonds is 4. The van der Waals surface area contributed by atoms with Crippen LogP contribution in [0.3, 0.4) is 0 Å². The van der Waals surface area contributed by atoms with Crippen molar-refractivity contribution in [3.63, 3.8) is 0 Å². The first-order valence-corrected chi connectivity index (χ1v) is 6.20. The normalized spacial score (nSPS) is 20.6. The van der Waals surface area contributed by atoms with Crippen LogP contribution in [0.5, 0.6) is 0 Å². The van der Waals surface area contributed by atoms with Gasteiger partial charge in [0.2, 0.25) is 11.8 Å². The van der Waals surface area contributed by atoms with Crippen LogP contribution >= 0.6 is 0 Å². The van der Waals surface area contributed by atoms with Crippen molar-refractivity contribution in [1.29, 1.82) is 0 Å². The molecule has 16 heavy (non-hydrogen) atoms. The fourth-order valence-electron chi connectivity index (χ4n) is 2.24. The molecule has 1 aliphatic heterocycles. The van der Waals surface area contributed by atoms with Gasteiger partial charge in [-0.2, -0.15) is 0 Å². The summed E-state index contributed by atoms with van der Waals surface area (Å²) in [6.07, 6.45) is 2.68. The summed E-state index contributed by atoms with van der Waals surface area (Å²) in [5, 5.41) is 2.90. The van der Waals surface area contributed by atoms with E-state index in [0.29, 0.717) is 25.8 Å². The molecule has 1 heterocycles. The van der Waals surface area contributed by atoms with E-state index in [0.717, 1.165) is 13.0 Å². The molecule has 0 atom stereocenters. The Morgan fingerprint density at radius 1 is 1.25 bits per heavy atom. The summed E-state index contributed by atoms with van der Waals surface area (Å²) in [7, 11) is 0. The standard InChI is InChI=1S/C12H22N2O2/c1-4-8-14-9-7-10(15)13-12(5-2,6-3)11(14)16/h4-9H2,1-3H3,(H,13,15). The minimum absolute atomic E-state index is 0.00402. The van der Waals surface area contributed by atoms with Gasteiger partial charge in [-0.15, -0.1) is 0 Å². The van der Waals surface area contributed by atoms with E-state index in [1.54, 1.807) is 0 Å². The van der Waals surface area contributed by atoms with Crippen LogP contribution in [0.4, 0.5) is 0 Å². The first-order chi connectivity index (χ1) is 7.59. The number of nitrogens with zero attached hydrogens (tertiary/aromatic N) is 1. The zero-order valence-corrected chi connectivity index (χ0v) is 10.5. The van der Waals surface area contributed by atoms with Gasteiger partial charge in [-0.3, -0.25) is 9.59 Å². The van der Waals surface area contributed by atoms with E-state index in [-0.39, 0.29) is 11.8 Å². The van der Waals surface area contributed by atoms with Gasteiger partial charge in [-0.1, -0.05) is 20.8 Å². The maximum Gasteiger partial charge on any atom is 0.248 e. The van der Waals surface area contributed by atoms with Gasteiger partial charge in [0, 0.05) is 19.5 Å². The molecule has 1 aliphatic rings. The Balaban J connectivity index is 2.95. The molecule has 0 bridgehead atoms. The van der Waals surface area contributed by atoms with Crippen LogP contribution in [0.2, 0.25) is 0 Å². The molecule has 0 saturated carbocycles. The summed E-state index contributed by atoms with van der Waals surface area (Å²) in [5.74, 6) is 0.0841. The quantitative estimate of drug-likeness (QED) is 0.785. The Hall–Kier alpha value is -1.06. The third kappa shape index (κ3) is 2.36. The van der Waals surface area contributed by atoms with Gasteiger partial charge >= 0.3 is 0 Å². The predicted octanol–water partition coefficient (Wildman–Crippen LogP) is 1.30. The van der Waals surface area contributed by atoms with Gasteiger partial charge in [0.1, 0.15) is 5.54 Å². The molecular weight excluding hydrogens is 204 g/mol. The van der Waals surface area contributed by atoms with Gasteiger partial charge in [0.05, 0.1) is 0 Å². The molecule has 0 aromatic carbocycles. The van der Waals surface area contributed by atoms with Crippen molar-refractivity contribution < 1.29 is 9.59 Å². The van der Waals surface area contributed by atoms with Crippen molar-refractivity contribution in [3.05, 3.63) is 0 Å². The summed E-state index contributed by atoms with van der Waals surface area (Å²) in [6, 6.07) is 0. The van der Waals surface area contributed by atoms with E-state index < -0.39 is 5.54 Å². The lowest BCUT2D eigenvalue weighted by Crippen LogP contribution is -2.56. The van der Waals surface area contributed by atoms with E-state index in [9.17, 15) is 9.59 Å². The molecule has 0 spiro atoms. The number of nitrogens with one attached hydrogen (secondary N) is 1. The molecule has 0 aromatic rings. The Kier molecular flexibility index (Phi) is 4.33. The third-order valence-electron chi connectivity index (χ3n) is 3.38. The SMILES string of the molecule is CCCN1CCC(=O)NC(CC)(CC)C1=O. The number of hydrogen-bond donors (Lipinski definition) is 1. The highest BCUT2D eigenvalue weighted by molar-refractivity contribution is 5.93. The topological polar surface area (TPSA) is 49.4 Å². The molecule has 92 valence electrons. The summed E-state index contributed by atoms with van der Waals surface area (Å²) in [5.41, 5.74) is -0.664. The second-order valence-electron chi connectivity index (χ2n) is 4.38. The lowest BCUT2D eigenvalue weighted by atomic mass is 9.91. The molecule has 0 aliphatic carbocycles. The van der Waals surface area contributed by atoms with Crippen LogP contribution in [-0.4, -0.2) is 35.3 Å². The van der Waals surface area contributed by atoms with E-state index in [2.05, 4.69) is 5.32 Å². The van der Waals surface area contributed by atoms with Crippen molar-refractivity contribution in [2.45, 2.75) is 52.0 Å². The average Bonchev–Trinajstić information content (AvgIpc) is 2.41. The van der Waals surface area contributed by atoms with E-state index in [1.165, 1.54) is 0 Å². The summed E-state index contributed by atoms with van der Waals surface area (Å²) in [6.45, 7) is 7.26. The zero-order valence-electron chi connectivity index (χ0n) is 10.5. The Labute approximate surface area is 97.4 Å². The van der Waals surface area contributed by atoms with E-state index >= 15 is 0 Å². The van der Waals surface area contributed by atoms with Gasteiger partial charge < -0.3 is 10.2 Å². The largest absolute Gasteiger partial charge is 0.342 e. The van der Waals surface area contributed by atoms with Crippen LogP contribution < -0.4 is 5.32 Å². The fraction of sp³-hybridized carbons (Fsp3) is 0.833. The Morgan fingerprint density at radius 3 is 2.38 bits per heavy atom. The fourth-order valence-corrected chi connectivity index (χ4v) is 2.24. The molecule has 0 unspecified atom stereocenters. The minimum Gasteiger partial charge on any atom is -0.342 e. The molecule has 1 saturated heterocycles. The molecule has 0 aromatic heterocycles. The van der Waals surface area contributed by atoms with E-state index in [4.69, 9.17) is 0 Å². The lowest BCUT2D eigenvalue weighted by molar-refractivity contribution is -0.139. The number of carbonyl (C=O) groups is 2. The van der Waals surface area contributed by atoms with Crippen molar-refractivity contribution in [3.8, 4) is 0 Å². The van der Waals surface area contributed by atoms with Crippen molar-refractivity contribution >= 4 is 11.8 Å². The first kappa shape index (κ1) is 13.0. The number of carbonyl (C=O) groups excluding carboxylic acids is 2. The van der Waals surface area contributed by atoms with Gasteiger partial charge in [-0.25, -0.2) is 0 Å². The number of hydrogen-bond acceptors (Lipinski definition) is 2. The van der Waals surface area contributed by atoms with Gasteiger partial charge in [0.15, 0.2) is 0 Å². The monoisotopic (exact) mass is 226 g/mol. The lowest BCUT2D eigenvalue weighted by Gasteiger charge is -2.33. The summed E-state index contributed by atoms with van der Waals surface area (Å²) in [4.78, 5) is 25.8. The molecule has 1 N–H and O–H groups in total. The van der Waals surface area contributed by atoms with Crippen molar-refractivity contribution in [2.24, 2.45) is 0 Å². The van der Waals surface area contributed by atoms with Crippen LogP contribution in [0.1, 0.15) is 46.5 Å². The molecule has 1 rings (SSSR count). The maximum absolute atomic E-state index is 12.4. The zero-order chi connectivity index (χ0) is 12.2. The van der Waals surface area contributed by atoms with Crippen molar-refractivity contribution in [1.82, 2.24) is 10.2 Å². The van der Waals surface area contributed by atoms with E-state index in [1.807, 2.05) is 25.7 Å². The van der Waals surface area contributed by atoms with Crippen LogP contribution in [0.25, 0.3) is 0 Å². The third-order valence-corrected chi connectivity index (χ3v) is 3.38. The molecule has 4 nitrogen and oxygen atoms in total. The van der Waals surface area contributed by atoms with Crippen LogP contribution in [0.15, 0.2) is 0 Å². The molecule has 4 heteroatoms. The first-order valence-electron chi connectivity index (χ1n) is 6.20. The molecular formula is C12H22N2O2. The van der Waals surface area contributed by atoms with Gasteiger partial charge in [-0.05, 0) is 19.3 Å². The second kappa shape index (κ2) is 5.32. The highest BCUT2D eigenvalue weighted by Crippen LogP contribution is 2.21. The highest BCUT2D eigenvalue weighted by atomic mass is 16.2. The molecule has 2 amide bonds. The predicted molar refractivity (Wildman–Crippen MR) is 62.9 cm³/mol. The van der Waals surface area contributed by atoms with Gasteiger partial charge in [0.25, 0.3) is 0 Å². The average molecular weight is 226 g/mol. The summed E-state index contributed by atoms with van der Waals surface area (Å²) < 4.78 is 0. The van der Waals surface area contributed by atoms with Crippen molar-refractivity contribution in [2.75, 3.05) is 13.1 Å². The van der Waals surface area contributed by atoms with Crippen LogP contribution in [0, 0.1) is 0 Å². The minimum atomic E-state index is -0.664. The Morgan fingerprint density at radius 2 is 1.88 bits per heavy atom. The summed E-state index contributed by atoms with van der Waals surface area (Å²) >= 11 is 0. The molecule has 1 fully saturated rings. The second-order valence-corrected chi connectivity index (χ2v) is 4.38. The van der Waals surface area contributed by atoms with Crippen LogP contribution in [-0.2, 0) is 9.59 Å². The smallest absolute Gasteiger partial charge is 0.248 e. The Bertz CT molecular complexity index is 272. The molecule has 0 radical (unpaired) electrons. The maximum atomic E-state index is 12.4.